The molecule has 0 saturated carbocycles. The third kappa shape index (κ3) is 5.21. The number of rotatable bonds is 6. The van der Waals surface area contributed by atoms with Gasteiger partial charge in [0, 0.05) is 12.6 Å². The van der Waals surface area contributed by atoms with Crippen LogP contribution in [0.4, 0.5) is 0 Å². The van der Waals surface area contributed by atoms with Crippen molar-refractivity contribution >= 4 is 5.91 Å². The Morgan fingerprint density at radius 1 is 1.24 bits per heavy atom. The van der Waals surface area contributed by atoms with Gasteiger partial charge in [0.1, 0.15) is 6.23 Å². The van der Waals surface area contributed by atoms with Crippen molar-refractivity contribution < 1.29 is 9.53 Å². The van der Waals surface area contributed by atoms with Crippen LogP contribution in [0.1, 0.15) is 40.0 Å². The smallest absolute Gasteiger partial charge is 0.250 e. The maximum Gasteiger partial charge on any atom is 0.250 e. The third-order valence-electron chi connectivity index (χ3n) is 4.27. The van der Waals surface area contributed by atoms with Crippen LogP contribution < -0.4 is 21.3 Å². The van der Waals surface area contributed by atoms with Crippen molar-refractivity contribution in [1.29, 1.82) is 0 Å². The summed E-state index contributed by atoms with van der Waals surface area (Å²) in [5.74, 6) is 0.774. The molecule has 21 heavy (non-hydrogen) atoms. The molecule has 0 aromatic heterocycles. The molecule has 0 aromatic rings. The molecule has 0 aromatic carbocycles. The molecule has 0 aliphatic carbocycles. The van der Waals surface area contributed by atoms with Crippen molar-refractivity contribution in [1.82, 2.24) is 21.3 Å². The van der Waals surface area contributed by atoms with Crippen LogP contribution in [0.5, 0.6) is 0 Å². The average molecular weight is 298 g/mol. The van der Waals surface area contributed by atoms with E-state index in [2.05, 4.69) is 28.2 Å². The fourth-order valence-corrected chi connectivity index (χ4v) is 2.97. The Bertz CT molecular complexity index is 332. The molecule has 5 atom stereocenters. The first-order valence-corrected chi connectivity index (χ1v) is 8.22. The summed E-state index contributed by atoms with van der Waals surface area (Å²) in [6.07, 6.45) is 3.42. The van der Waals surface area contributed by atoms with Crippen molar-refractivity contribution in [3.8, 4) is 0 Å². The summed E-state index contributed by atoms with van der Waals surface area (Å²) in [4.78, 5) is 12.0. The minimum atomic E-state index is -0.366. The third-order valence-corrected chi connectivity index (χ3v) is 4.27. The van der Waals surface area contributed by atoms with Crippen LogP contribution in [0, 0.1) is 5.92 Å². The number of carbonyl (C=O) groups is 1. The van der Waals surface area contributed by atoms with Gasteiger partial charge in [0.05, 0.1) is 6.17 Å². The highest BCUT2D eigenvalue weighted by Gasteiger charge is 2.34. The molecule has 0 bridgehead atoms. The highest BCUT2D eigenvalue weighted by atomic mass is 16.5. The summed E-state index contributed by atoms with van der Waals surface area (Å²) in [7, 11) is 0. The Morgan fingerprint density at radius 3 is 2.67 bits per heavy atom. The largest absolute Gasteiger partial charge is 0.354 e. The lowest BCUT2D eigenvalue weighted by Crippen LogP contribution is -2.48. The quantitative estimate of drug-likeness (QED) is 0.525. The van der Waals surface area contributed by atoms with Gasteiger partial charge in [0.25, 0.3) is 5.91 Å². The molecule has 1 amide bonds. The fourth-order valence-electron chi connectivity index (χ4n) is 2.97. The molecule has 2 saturated heterocycles. The van der Waals surface area contributed by atoms with Gasteiger partial charge in [-0.25, -0.2) is 0 Å². The minimum absolute atomic E-state index is 0.0102. The van der Waals surface area contributed by atoms with Crippen molar-refractivity contribution in [2.45, 2.75) is 64.6 Å². The van der Waals surface area contributed by atoms with E-state index in [0.717, 1.165) is 25.4 Å². The van der Waals surface area contributed by atoms with Crippen molar-refractivity contribution in [2.75, 3.05) is 19.6 Å². The van der Waals surface area contributed by atoms with Gasteiger partial charge in [0.2, 0.25) is 0 Å². The lowest BCUT2D eigenvalue weighted by Gasteiger charge is -2.28. The van der Waals surface area contributed by atoms with E-state index in [9.17, 15) is 4.79 Å². The predicted octanol–water partition coefficient (Wildman–Crippen LogP) is 0.151. The summed E-state index contributed by atoms with van der Waals surface area (Å²) in [5.41, 5.74) is 0. The molecule has 0 spiro atoms. The zero-order valence-corrected chi connectivity index (χ0v) is 13.4. The molecule has 5 unspecified atom stereocenters. The normalized spacial score (nSPS) is 36.6. The maximum atomic E-state index is 12.0. The van der Waals surface area contributed by atoms with E-state index < -0.39 is 0 Å². The molecule has 2 aliphatic rings. The zero-order chi connectivity index (χ0) is 15.2. The van der Waals surface area contributed by atoms with Gasteiger partial charge in [-0.2, -0.15) is 0 Å². The van der Waals surface area contributed by atoms with Crippen molar-refractivity contribution in [3.63, 3.8) is 0 Å². The van der Waals surface area contributed by atoms with E-state index in [4.69, 9.17) is 4.74 Å². The Hall–Kier alpha value is -0.690. The first kappa shape index (κ1) is 16.7. The van der Waals surface area contributed by atoms with Crippen LogP contribution >= 0.6 is 0 Å². The molecule has 6 heteroatoms. The van der Waals surface area contributed by atoms with Crippen molar-refractivity contribution in [3.05, 3.63) is 0 Å². The summed E-state index contributed by atoms with van der Waals surface area (Å²) in [5, 5.41) is 13.1. The second-order valence-corrected chi connectivity index (χ2v) is 6.40. The van der Waals surface area contributed by atoms with Gasteiger partial charge in [-0.15, -0.1) is 0 Å². The molecule has 4 N–H and O–H groups in total. The lowest BCUT2D eigenvalue weighted by molar-refractivity contribution is -0.132. The Morgan fingerprint density at radius 2 is 2.05 bits per heavy atom. The summed E-state index contributed by atoms with van der Waals surface area (Å²) < 4.78 is 5.55. The standard InChI is InChI=1S/C15H30N4O2/c1-10-5-6-13(18-9-10)16-7-4-8-17-15(20)14-11(2)19-12(3)21-14/h10-14,16,18-19H,4-9H2,1-3H3,(H,17,20). The molecule has 2 rings (SSSR count). The predicted molar refractivity (Wildman–Crippen MR) is 82.8 cm³/mol. The monoisotopic (exact) mass is 298 g/mol. The van der Waals surface area contributed by atoms with E-state index in [1.165, 1.54) is 12.8 Å². The fraction of sp³-hybridized carbons (Fsp3) is 0.933. The van der Waals surface area contributed by atoms with Crippen LogP contribution in [0.2, 0.25) is 0 Å². The van der Waals surface area contributed by atoms with Gasteiger partial charge in [-0.3, -0.25) is 10.1 Å². The maximum absolute atomic E-state index is 12.0. The van der Waals surface area contributed by atoms with Gasteiger partial charge >= 0.3 is 0 Å². The number of hydrogen-bond donors (Lipinski definition) is 4. The van der Waals surface area contributed by atoms with E-state index in [-0.39, 0.29) is 24.3 Å². The molecule has 0 radical (unpaired) electrons. The Labute approximate surface area is 127 Å². The lowest BCUT2D eigenvalue weighted by atomic mass is 10.00. The molecule has 2 aliphatic heterocycles. The Balaban J connectivity index is 1.52. The zero-order valence-electron chi connectivity index (χ0n) is 13.4. The summed E-state index contributed by atoms with van der Waals surface area (Å²) >= 11 is 0. The van der Waals surface area contributed by atoms with Crippen LogP contribution in [0.15, 0.2) is 0 Å². The first-order valence-electron chi connectivity index (χ1n) is 8.22. The molecule has 122 valence electrons. The van der Waals surface area contributed by atoms with Gasteiger partial charge in [-0.1, -0.05) is 6.92 Å². The van der Waals surface area contributed by atoms with Gasteiger partial charge in [0.15, 0.2) is 6.10 Å². The average Bonchev–Trinajstić information content (AvgIpc) is 2.79. The topological polar surface area (TPSA) is 74.4 Å². The van der Waals surface area contributed by atoms with E-state index >= 15 is 0 Å². The molecular weight excluding hydrogens is 268 g/mol. The summed E-state index contributed by atoms with van der Waals surface area (Å²) in [6, 6.07) is 0.0755. The highest BCUT2D eigenvalue weighted by molar-refractivity contribution is 5.81. The van der Waals surface area contributed by atoms with Crippen molar-refractivity contribution in [2.24, 2.45) is 5.92 Å². The van der Waals surface area contributed by atoms with Crippen LogP contribution in [-0.4, -0.2) is 50.1 Å². The molecule has 6 nitrogen and oxygen atoms in total. The minimum Gasteiger partial charge on any atom is -0.354 e. The Kier molecular flexibility index (Phi) is 6.41. The first-order chi connectivity index (χ1) is 10.1. The van der Waals surface area contributed by atoms with Crippen LogP contribution in [0.25, 0.3) is 0 Å². The summed E-state index contributed by atoms with van der Waals surface area (Å²) in [6.45, 7) is 8.88. The number of piperidine rings is 1. The number of ether oxygens (including phenoxy) is 1. The molecule has 2 heterocycles. The number of carbonyl (C=O) groups excluding carboxylic acids is 1. The second kappa shape index (κ2) is 8.08. The molecule has 2 fully saturated rings. The van der Waals surface area contributed by atoms with Gasteiger partial charge in [-0.05, 0) is 52.1 Å². The van der Waals surface area contributed by atoms with E-state index in [1.807, 2.05) is 13.8 Å². The number of amides is 1. The van der Waals surface area contributed by atoms with E-state index in [0.29, 0.717) is 12.7 Å². The van der Waals surface area contributed by atoms with E-state index in [1.54, 1.807) is 0 Å². The second-order valence-electron chi connectivity index (χ2n) is 6.40. The van der Waals surface area contributed by atoms with Crippen LogP contribution in [0.3, 0.4) is 0 Å². The number of nitrogens with one attached hydrogen (secondary N) is 4. The highest BCUT2D eigenvalue weighted by Crippen LogP contribution is 2.12. The molecular formula is C15H30N4O2. The number of hydrogen-bond acceptors (Lipinski definition) is 5. The van der Waals surface area contributed by atoms with Crippen LogP contribution in [-0.2, 0) is 9.53 Å². The SMILES string of the molecule is CC1CCC(NCCCNC(=O)C2OC(C)NC2C)NC1. The van der Waals surface area contributed by atoms with Gasteiger partial charge < -0.3 is 20.7 Å².